The fourth-order valence-corrected chi connectivity index (χ4v) is 6.02. The lowest BCUT2D eigenvalue weighted by molar-refractivity contribution is 0.0706. The van der Waals surface area contributed by atoms with Gasteiger partial charge >= 0.3 is 0 Å². The Bertz CT molecular complexity index is 1510. The lowest BCUT2D eigenvalue weighted by atomic mass is 9.90. The number of hydrogen-bond donors (Lipinski definition) is 2. The summed E-state index contributed by atoms with van der Waals surface area (Å²) in [7, 11) is 0. The van der Waals surface area contributed by atoms with E-state index < -0.39 is 41.5 Å². The molecule has 8 nitrogen and oxygen atoms in total. The van der Waals surface area contributed by atoms with Gasteiger partial charge in [0.2, 0.25) is 0 Å². The molecule has 3 aromatic heterocycles. The predicted molar refractivity (Wildman–Crippen MR) is 141 cm³/mol. The first-order chi connectivity index (χ1) is 18.6. The highest BCUT2D eigenvalue weighted by Crippen LogP contribution is 2.41. The summed E-state index contributed by atoms with van der Waals surface area (Å²) in [6.07, 6.45) is 5.73. The molecular weight excluding hydrogens is 528 g/mol. The molecule has 11 heteroatoms. The van der Waals surface area contributed by atoms with E-state index in [-0.39, 0.29) is 10.8 Å². The number of aliphatic hydroxyl groups is 1. The quantitative estimate of drug-likeness (QED) is 0.478. The smallest absolute Gasteiger partial charge is 0.274 e. The molecule has 39 heavy (non-hydrogen) atoms. The summed E-state index contributed by atoms with van der Waals surface area (Å²) < 4.78 is 39.1. The van der Waals surface area contributed by atoms with Crippen LogP contribution in [0.5, 0.6) is 5.75 Å². The fraction of sp³-hybridized carbons (Fsp3) is 0.464. The number of fused-ring (bicyclic) bond motifs is 4. The van der Waals surface area contributed by atoms with Crippen LogP contribution >= 0.6 is 11.6 Å². The maximum Gasteiger partial charge on any atom is 0.274 e. The molecule has 3 aliphatic rings. The normalized spacial score (nSPS) is 24.5. The van der Waals surface area contributed by atoms with Gasteiger partial charge in [-0.1, -0.05) is 11.6 Å². The molecule has 3 aromatic rings. The first-order valence-electron chi connectivity index (χ1n) is 13.2. The zero-order valence-corrected chi connectivity index (χ0v) is 22.5. The Morgan fingerprint density at radius 1 is 1.23 bits per heavy atom. The SMILES string of the molecule is CC(C)(O)c1ccn([C@@H]2NC=C3CCCCc4cc(OC5CCc6cc(F)cnc65)c(Cl)c(=O)n4C3[C@@H]2F)n1. The van der Waals surface area contributed by atoms with Crippen molar-refractivity contribution in [2.75, 3.05) is 0 Å². The fourth-order valence-electron chi connectivity index (χ4n) is 5.83. The molecule has 2 aliphatic heterocycles. The highest BCUT2D eigenvalue weighted by Gasteiger charge is 2.41. The van der Waals surface area contributed by atoms with Gasteiger partial charge in [-0.15, -0.1) is 0 Å². The summed E-state index contributed by atoms with van der Waals surface area (Å²) in [5, 5.41) is 17.7. The van der Waals surface area contributed by atoms with E-state index in [2.05, 4.69) is 15.4 Å². The molecule has 6 rings (SSSR count). The number of allylic oxidation sites excluding steroid dienone is 1. The molecule has 0 aromatic carbocycles. The Kier molecular flexibility index (Phi) is 6.50. The van der Waals surface area contributed by atoms with Gasteiger partial charge in [0.05, 0.1) is 23.6 Å². The van der Waals surface area contributed by atoms with Crippen LogP contribution in [-0.2, 0) is 18.4 Å². The number of rotatable bonds is 4. The second kappa shape index (κ2) is 9.75. The third-order valence-corrected chi connectivity index (χ3v) is 8.17. The van der Waals surface area contributed by atoms with Gasteiger partial charge in [0.1, 0.15) is 28.3 Å². The Labute approximate surface area is 229 Å². The largest absolute Gasteiger partial charge is 0.482 e. The van der Waals surface area contributed by atoms with Crippen molar-refractivity contribution in [2.45, 2.75) is 82.5 Å². The number of halogens is 3. The van der Waals surface area contributed by atoms with E-state index in [1.165, 1.54) is 15.3 Å². The summed E-state index contributed by atoms with van der Waals surface area (Å²) >= 11 is 6.60. The molecule has 0 amide bonds. The van der Waals surface area contributed by atoms with Crippen molar-refractivity contribution in [1.29, 1.82) is 0 Å². The first kappa shape index (κ1) is 26.0. The number of alkyl halides is 1. The van der Waals surface area contributed by atoms with Crippen LogP contribution in [0.3, 0.4) is 0 Å². The Morgan fingerprint density at radius 2 is 2.03 bits per heavy atom. The third-order valence-electron chi connectivity index (χ3n) is 7.82. The van der Waals surface area contributed by atoms with Crippen LogP contribution in [-0.4, -0.2) is 30.6 Å². The minimum atomic E-state index is -1.54. The molecular formula is C28H30ClF2N5O3. The van der Waals surface area contributed by atoms with E-state index in [1.54, 1.807) is 38.4 Å². The van der Waals surface area contributed by atoms with Crippen molar-refractivity contribution in [3.8, 4) is 5.75 Å². The minimum Gasteiger partial charge on any atom is -0.482 e. The monoisotopic (exact) mass is 557 g/mol. The third kappa shape index (κ3) is 4.63. The van der Waals surface area contributed by atoms with Crippen LogP contribution in [0.4, 0.5) is 8.78 Å². The molecule has 206 valence electrons. The van der Waals surface area contributed by atoms with Gasteiger partial charge in [0.25, 0.3) is 5.56 Å². The van der Waals surface area contributed by atoms with E-state index in [0.29, 0.717) is 42.8 Å². The highest BCUT2D eigenvalue weighted by atomic mass is 35.5. The second-order valence-corrected chi connectivity index (χ2v) is 11.4. The molecule has 0 saturated carbocycles. The van der Waals surface area contributed by atoms with Crippen LogP contribution in [0.15, 0.2) is 47.2 Å². The van der Waals surface area contributed by atoms with Gasteiger partial charge in [0.15, 0.2) is 12.3 Å². The summed E-state index contributed by atoms with van der Waals surface area (Å²) in [5.41, 5.74) is 1.55. The standard InChI is InChI=1S/C28H30ClF2N5O3/c1-28(2,38)21-9-10-35(34-21)26-23(31)25-16(13-33-26)5-3-4-6-18-12-20(22(29)27(37)36(18)25)39-19-8-7-15-11-17(30)14-32-24(15)19/h9-14,19,23,25-26,33,38H,3-8H2,1-2H3/t19?,23-,25?,26-/m0/s1. The highest BCUT2D eigenvalue weighted by molar-refractivity contribution is 6.31. The predicted octanol–water partition coefficient (Wildman–Crippen LogP) is 4.82. The number of hydrogen-bond acceptors (Lipinski definition) is 6. The number of aromatic nitrogens is 4. The number of nitrogens with one attached hydrogen (secondary N) is 1. The molecule has 5 heterocycles. The molecule has 0 spiro atoms. The van der Waals surface area contributed by atoms with Crippen molar-refractivity contribution in [1.82, 2.24) is 24.6 Å². The van der Waals surface area contributed by atoms with E-state index in [4.69, 9.17) is 16.3 Å². The number of ether oxygens (including phenoxy) is 1. The Morgan fingerprint density at radius 3 is 2.79 bits per heavy atom. The topological polar surface area (TPSA) is 94.2 Å². The lowest BCUT2D eigenvalue weighted by Crippen LogP contribution is -2.46. The lowest BCUT2D eigenvalue weighted by Gasteiger charge is -2.38. The second-order valence-electron chi connectivity index (χ2n) is 11.0. The van der Waals surface area contributed by atoms with Crippen molar-refractivity contribution < 1.29 is 18.6 Å². The summed E-state index contributed by atoms with van der Waals surface area (Å²) in [6, 6.07) is 3.96. The zero-order chi connectivity index (χ0) is 27.5. The van der Waals surface area contributed by atoms with Crippen molar-refractivity contribution in [3.63, 3.8) is 0 Å². The van der Waals surface area contributed by atoms with Crippen LogP contribution in [0.1, 0.15) is 80.5 Å². The zero-order valence-electron chi connectivity index (χ0n) is 21.7. The Balaban J connectivity index is 1.37. The van der Waals surface area contributed by atoms with Gasteiger partial charge in [-0.3, -0.25) is 9.78 Å². The van der Waals surface area contributed by atoms with Gasteiger partial charge < -0.3 is 19.7 Å². The van der Waals surface area contributed by atoms with Crippen molar-refractivity contribution in [2.24, 2.45) is 0 Å². The summed E-state index contributed by atoms with van der Waals surface area (Å²) in [4.78, 5) is 18.0. The maximum absolute atomic E-state index is 16.4. The average molecular weight is 558 g/mol. The van der Waals surface area contributed by atoms with Crippen LogP contribution in [0, 0.1) is 5.82 Å². The average Bonchev–Trinajstić information content (AvgIpc) is 3.52. The van der Waals surface area contributed by atoms with Gasteiger partial charge in [-0.25, -0.2) is 13.5 Å². The molecule has 0 radical (unpaired) electrons. The van der Waals surface area contributed by atoms with Crippen molar-refractivity contribution >= 4 is 11.6 Å². The molecule has 0 saturated heterocycles. The van der Waals surface area contributed by atoms with Crippen molar-refractivity contribution in [3.05, 3.63) is 86.2 Å². The summed E-state index contributed by atoms with van der Waals surface area (Å²) in [6.45, 7) is 3.23. The van der Waals surface area contributed by atoms with Crippen LogP contribution in [0.2, 0.25) is 5.02 Å². The molecule has 1 aliphatic carbocycles. The van der Waals surface area contributed by atoms with Gasteiger partial charge in [-0.2, -0.15) is 5.10 Å². The van der Waals surface area contributed by atoms with Crippen LogP contribution < -0.4 is 15.6 Å². The van der Waals surface area contributed by atoms with E-state index in [1.807, 2.05) is 0 Å². The van der Waals surface area contributed by atoms with E-state index >= 15 is 4.39 Å². The molecule has 2 N–H and O–H groups in total. The first-order valence-corrected chi connectivity index (χ1v) is 13.6. The molecule has 0 bridgehead atoms. The van der Waals surface area contributed by atoms with E-state index in [0.717, 1.165) is 30.2 Å². The maximum atomic E-state index is 16.4. The number of aryl methyl sites for hydroxylation is 2. The molecule has 4 atom stereocenters. The minimum absolute atomic E-state index is 0.125. The molecule has 2 unspecified atom stereocenters. The van der Waals surface area contributed by atoms with E-state index in [9.17, 15) is 14.3 Å². The summed E-state index contributed by atoms with van der Waals surface area (Å²) in [5.74, 6) is -0.172. The van der Waals surface area contributed by atoms with Crippen LogP contribution in [0.25, 0.3) is 0 Å². The molecule has 0 fully saturated rings. The van der Waals surface area contributed by atoms with Gasteiger partial charge in [0, 0.05) is 18.0 Å². The Hall–Kier alpha value is -3.24. The number of pyridine rings is 2. The van der Waals surface area contributed by atoms with Gasteiger partial charge in [-0.05, 0) is 81.8 Å². The number of nitrogens with zero attached hydrogens (tertiary/aromatic N) is 4.